The van der Waals surface area contributed by atoms with Gasteiger partial charge in [0.05, 0.1) is 11.6 Å². The Hall–Kier alpha value is -7.09. The third-order valence-electron chi connectivity index (χ3n) is 13.4. The maximum atomic E-state index is 10.2. The van der Waals surface area contributed by atoms with Gasteiger partial charge in [-0.1, -0.05) is 139 Å². The number of hydrogen-bond donors (Lipinski definition) is 0. The van der Waals surface area contributed by atoms with Crippen molar-refractivity contribution in [2.24, 2.45) is 0 Å². The molecule has 2 aliphatic rings. The van der Waals surface area contributed by atoms with Gasteiger partial charge in [-0.3, -0.25) is 0 Å². The Balaban J connectivity index is 1.31. The molecule has 0 fully saturated rings. The molecule has 0 amide bonds. The smallest absolute Gasteiger partial charge is 0.333 e. The van der Waals surface area contributed by atoms with Gasteiger partial charge in [-0.25, -0.2) is 0 Å². The normalized spacial score (nSPS) is 13.0. The first-order chi connectivity index (χ1) is 29.9. The fourth-order valence-corrected chi connectivity index (χ4v) is 10.3. The molecule has 0 saturated carbocycles. The lowest BCUT2D eigenvalue weighted by Gasteiger charge is -2.42. The summed E-state index contributed by atoms with van der Waals surface area (Å²) >= 11 is 0. The van der Waals surface area contributed by atoms with Gasteiger partial charge in [0, 0.05) is 44.4 Å². The lowest BCUT2D eigenvalue weighted by Crippen LogP contribution is -2.57. The molecule has 1 aromatic heterocycles. The molecule has 9 aromatic rings. The minimum Gasteiger partial charge on any atom is -0.375 e. The lowest BCUT2D eigenvalue weighted by molar-refractivity contribution is 0.590. The van der Waals surface area contributed by atoms with Crippen LogP contribution in [0.1, 0.15) is 63.8 Å². The van der Waals surface area contributed by atoms with Crippen LogP contribution in [0.3, 0.4) is 0 Å². The van der Waals surface area contributed by atoms with Gasteiger partial charge in [0.15, 0.2) is 0 Å². The summed E-state index contributed by atoms with van der Waals surface area (Å²) in [7, 11) is 0. The van der Waals surface area contributed by atoms with Gasteiger partial charge in [-0.15, -0.1) is 0 Å². The van der Waals surface area contributed by atoms with Gasteiger partial charge in [0.2, 0.25) is 0 Å². The second-order valence-corrected chi connectivity index (χ2v) is 19.4. The van der Waals surface area contributed by atoms with Crippen LogP contribution in [-0.2, 0) is 10.8 Å². The monoisotopic (exact) mass is 797 g/mol. The number of fused-ring (bicyclic) bond motifs is 7. The Kier molecular flexibility index (Phi) is 8.38. The minimum atomic E-state index is -0.0886. The van der Waals surface area contributed by atoms with E-state index in [1.165, 1.54) is 71.7 Å². The summed E-state index contributed by atoms with van der Waals surface area (Å²) in [5, 5.41) is 12.8. The van der Waals surface area contributed by atoms with E-state index in [0.29, 0.717) is 5.56 Å². The highest BCUT2D eigenvalue weighted by molar-refractivity contribution is 6.90. The fourth-order valence-electron chi connectivity index (χ4n) is 10.3. The molecule has 8 aromatic carbocycles. The van der Waals surface area contributed by atoms with Crippen molar-refractivity contribution >= 4 is 56.6 Å². The topological polar surface area (TPSA) is 32.0 Å². The zero-order chi connectivity index (χ0) is 42.7. The van der Waals surface area contributed by atoms with E-state index in [2.05, 4.69) is 216 Å². The van der Waals surface area contributed by atoms with Gasteiger partial charge in [0.25, 0.3) is 0 Å². The average molecular weight is 798 g/mol. The number of para-hydroxylation sites is 1. The Labute approximate surface area is 365 Å². The third kappa shape index (κ3) is 5.79. The van der Waals surface area contributed by atoms with Crippen molar-refractivity contribution in [1.82, 2.24) is 4.48 Å². The summed E-state index contributed by atoms with van der Waals surface area (Å²) in [6, 6.07) is 62.8. The number of benzene rings is 8. The fraction of sp³-hybridized carbons (Fsp3) is 0.155. The van der Waals surface area contributed by atoms with Gasteiger partial charge < -0.3 is 9.38 Å². The van der Waals surface area contributed by atoms with E-state index in [1.54, 1.807) is 0 Å². The summed E-state index contributed by atoms with van der Waals surface area (Å²) in [6.07, 6.45) is 0. The molecule has 0 aliphatic carbocycles. The number of nitriles is 1. The Morgan fingerprint density at radius 2 is 1.15 bits per heavy atom. The molecule has 11 rings (SSSR count). The van der Waals surface area contributed by atoms with Crippen LogP contribution in [0, 0.1) is 18.3 Å². The Bertz CT molecular complexity index is 3280. The van der Waals surface area contributed by atoms with Crippen LogP contribution in [0.15, 0.2) is 164 Å². The van der Waals surface area contributed by atoms with Crippen LogP contribution in [-0.4, -0.2) is 11.3 Å². The minimum absolute atomic E-state index is 0.00231. The van der Waals surface area contributed by atoms with Crippen LogP contribution < -0.4 is 15.8 Å². The number of nitrogens with zero attached hydrogens (tertiary/aromatic N) is 3. The molecule has 0 atom stereocenters. The highest BCUT2D eigenvalue weighted by Gasteiger charge is 2.44. The molecular formula is C58H48BN3. The van der Waals surface area contributed by atoms with Crippen LogP contribution in [0.25, 0.3) is 66.3 Å². The first-order valence-corrected chi connectivity index (χ1v) is 21.8. The van der Waals surface area contributed by atoms with E-state index in [0.717, 1.165) is 39.3 Å². The van der Waals surface area contributed by atoms with E-state index in [9.17, 15) is 5.26 Å². The Morgan fingerprint density at radius 1 is 0.516 bits per heavy atom. The van der Waals surface area contributed by atoms with E-state index >= 15 is 0 Å². The second kappa shape index (κ2) is 13.7. The van der Waals surface area contributed by atoms with Gasteiger partial charge in [-0.2, -0.15) is 5.26 Å². The maximum Gasteiger partial charge on any atom is 0.333 e. The SMILES string of the molecule is Cc1c(-c2cccc(C#N)c2)cc2c3c1-c1cc(C(C)(C)C)cc4c5cc(C(C)(C)C)ccc5n(c14)B3c1ccccc1N2c1cc(-c2ccccc2)cc(-c2ccccc2)c1. The van der Waals surface area contributed by atoms with Crippen LogP contribution in [0.4, 0.5) is 17.1 Å². The summed E-state index contributed by atoms with van der Waals surface area (Å²) in [4.78, 5) is 2.53. The molecule has 3 heterocycles. The van der Waals surface area contributed by atoms with Crippen LogP contribution in [0.5, 0.6) is 0 Å². The molecule has 2 aliphatic heterocycles. The van der Waals surface area contributed by atoms with E-state index in [4.69, 9.17) is 0 Å². The van der Waals surface area contributed by atoms with Crippen molar-refractivity contribution in [2.45, 2.75) is 59.3 Å². The first-order valence-electron chi connectivity index (χ1n) is 21.8. The quantitative estimate of drug-likeness (QED) is 0.166. The summed E-state index contributed by atoms with van der Waals surface area (Å²) in [5.41, 5.74) is 22.4. The summed E-state index contributed by atoms with van der Waals surface area (Å²) in [6.45, 7) is 16.2. The van der Waals surface area contributed by atoms with Crippen molar-refractivity contribution < 1.29 is 0 Å². The zero-order valence-electron chi connectivity index (χ0n) is 36.5. The first kappa shape index (κ1) is 37.9. The molecule has 4 heteroatoms. The molecule has 0 saturated heterocycles. The molecule has 0 spiro atoms. The lowest BCUT2D eigenvalue weighted by atomic mass is 9.44. The van der Waals surface area contributed by atoms with Gasteiger partial charge in [0.1, 0.15) is 0 Å². The molecule has 298 valence electrons. The van der Waals surface area contributed by atoms with Crippen LogP contribution in [0.2, 0.25) is 0 Å². The summed E-state index contributed by atoms with van der Waals surface area (Å²) < 4.78 is 2.67. The van der Waals surface area contributed by atoms with Crippen molar-refractivity contribution in [3.05, 3.63) is 186 Å². The van der Waals surface area contributed by atoms with Crippen molar-refractivity contribution in [1.29, 1.82) is 5.26 Å². The van der Waals surface area contributed by atoms with E-state index in [-0.39, 0.29) is 17.7 Å². The highest BCUT2D eigenvalue weighted by atomic mass is 15.2. The van der Waals surface area contributed by atoms with Crippen molar-refractivity contribution in [3.63, 3.8) is 0 Å². The number of aromatic nitrogens is 1. The zero-order valence-corrected chi connectivity index (χ0v) is 36.5. The van der Waals surface area contributed by atoms with Gasteiger partial charge >= 0.3 is 6.85 Å². The summed E-state index contributed by atoms with van der Waals surface area (Å²) in [5.74, 6) is 0. The van der Waals surface area contributed by atoms with Crippen molar-refractivity contribution in [3.8, 4) is 50.6 Å². The molecule has 3 nitrogen and oxygen atoms in total. The Morgan fingerprint density at radius 3 is 1.81 bits per heavy atom. The predicted molar refractivity (Wildman–Crippen MR) is 263 cm³/mol. The van der Waals surface area contributed by atoms with Crippen LogP contribution >= 0.6 is 0 Å². The second-order valence-electron chi connectivity index (χ2n) is 19.4. The largest absolute Gasteiger partial charge is 0.375 e. The average Bonchev–Trinajstić information content (AvgIpc) is 3.61. The molecule has 62 heavy (non-hydrogen) atoms. The van der Waals surface area contributed by atoms with E-state index in [1.807, 2.05) is 12.1 Å². The standard InChI is InChI=1S/C58H48BN3/c1-36-46(40-22-16-17-37(27-40)35-60)34-53-55-54(36)49-33-44(58(5,6)7)32-48-47-31-43(57(2,3)4)25-26-51(47)62(56(48)49)59(55)50-23-14-15-24-52(50)61(53)45-29-41(38-18-10-8-11-19-38)28-42(30-45)39-20-12-9-13-21-39/h8-34H,1-7H3. The van der Waals surface area contributed by atoms with E-state index < -0.39 is 0 Å². The molecule has 0 N–H and O–H groups in total. The van der Waals surface area contributed by atoms with Gasteiger partial charge in [-0.05, 0) is 151 Å². The maximum absolute atomic E-state index is 10.2. The number of anilines is 3. The third-order valence-corrected chi connectivity index (χ3v) is 13.4. The molecule has 0 bridgehead atoms. The number of rotatable bonds is 4. The highest BCUT2D eigenvalue weighted by Crippen LogP contribution is 2.50. The predicted octanol–water partition coefficient (Wildman–Crippen LogP) is 14.0. The van der Waals surface area contributed by atoms with Crippen molar-refractivity contribution in [2.75, 3.05) is 4.90 Å². The number of hydrogen-bond acceptors (Lipinski definition) is 2. The molecular weight excluding hydrogens is 749 g/mol. The molecule has 0 radical (unpaired) electrons. The molecule has 0 unspecified atom stereocenters.